The Labute approximate surface area is 129 Å². The number of aromatic nitrogens is 3. The Balaban J connectivity index is 1.93. The lowest BCUT2D eigenvalue weighted by atomic mass is 10.0. The van der Waals surface area contributed by atoms with Crippen molar-refractivity contribution in [3.05, 3.63) is 41.7 Å². The Kier molecular flexibility index (Phi) is 3.70. The molecule has 2 heterocycles. The van der Waals surface area contributed by atoms with Gasteiger partial charge in [0.15, 0.2) is 5.69 Å². The monoisotopic (exact) mass is 300 g/mol. The van der Waals surface area contributed by atoms with Gasteiger partial charge in [-0.25, -0.2) is 4.68 Å². The zero-order valence-electron chi connectivity index (χ0n) is 13.1. The smallest absolute Gasteiger partial charge is 0.276 e. The highest BCUT2D eigenvalue weighted by Gasteiger charge is 2.36. The summed E-state index contributed by atoms with van der Waals surface area (Å²) in [7, 11) is 0. The van der Waals surface area contributed by atoms with E-state index in [0.717, 1.165) is 11.4 Å². The van der Waals surface area contributed by atoms with Gasteiger partial charge in [-0.15, -0.1) is 5.10 Å². The van der Waals surface area contributed by atoms with Crippen molar-refractivity contribution < 1.29 is 9.53 Å². The van der Waals surface area contributed by atoms with Crippen LogP contribution in [0.5, 0.6) is 0 Å². The van der Waals surface area contributed by atoms with Crippen LogP contribution in [0.3, 0.4) is 0 Å². The number of ether oxygens (including phenoxy) is 1. The molecule has 1 amide bonds. The van der Waals surface area contributed by atoms with E-state index in [-0.39, 0.29) is 11.4 Å². The van der Waals surface area contributed by atoms with Crippen molar-refractivity contribution in [3.8, 4) is 5.69 Å². The molecule has 0 bridgehead atoms. The Morgan fingerprint density at radius 3 is 2.68 bits per heavy atom. The van der Waals surface area contributed by atoms with Crippen molar-refractivity contribution in [2.45, 2.75) is 26.3 Å². The summed E-state index contributed by atoms with van der Waals surface area (Å²) in [5.41, 5.74) is 1.71. The number of carbonyl (C=O) groups excluding carboxylic acids is 1. The van der Waals surface area contributed by atoms with Gasteiger partial charge in [-0.2, -0.15) is 0 Å². The lowest BCUT2D eigenvalue weighted by Gasteiger charge is -2.41. The first-order valence-corrected chi connectivity index (χ1v) is 7.38. The second-order valence-corrected chi connectivity index (χ2v) is 6.09. The summed E-state index contributed by atoms with van der Waals surface area (Å²) in [4.78, 5) is 14.7. The van der Waals surface area contributed by atoms with Gasteiger partial charge in [0.25, 0.3) is 5.91 Å². The minimum absolute atomic E-state index is 0.0898. The summed E-state index contributed by atoms with van der Waals surface area (Å²) in [5, 5.41) is 8.25. The molecule has 1 aromatic carbocycles. The molecule has 6 nitrogen and oxygen atoms in total. The molecule has 1 fully saturated rings. The van der Waals surface area contributed by atoms with Crippen molar-refractivity contribution in [2.24, 2.45) is 0 Å². The number of benzene rings is 1. The zero-order chi connectivity index (χ0) is 15.7. The first-order valence-electron chi connectivity index (χ1n) is 7.38. The summed E-state index contributed by atoms with van der Waals surface area (Å²) < 4.78 is 7.17. The van der Waals surface area contributed by atoms with E-state index in [9.17, 15) is 4.79 Å². The maximum atomic E-state index is 12.8. The molecular formula is C16H20N4O2. The number of nitrogens with zero attached hydrogens (tertiary/aromatic N) is 4. The molecule has 0 unspecified atom stereocenters. The van der Waals surface area contributed by atoms with Gasteiger partial charge < -0.3 is 9.64 Å². The fourth-order valence-electron chi connectivity index (χ4n) is 2.70. The Morgan fingerprint density at radius 1 is 1.27 bits per heavy atom. The van der Waals surface area contributed by atoms with Crippen molar-refractivity contribution >= 4 is 5.91 Å². The predicted molar refractivity (Wildman–Crippen MR) is 82.0 cm³/mol. The van der Waals surface area contributed by atoms with Crippen molar-refractivity contribution in [2.75, 3.05) is 19.8 Å². The Bertz CT molecular complexity index is 679. The average molecular weight is 300 g/mol. The highest BCUT2D eigenvalue weighted by molar-refractivity contribution is 5.94. The third-order valence-electron chi connectivity index (χ3n) is 3.99. The topological polar surface area (TPSA) is 60.3 Å². The molecule has 0 spiro atoms. The van der Waals surface area contributed by atoms with Gasteiger partial charge in [0, 0.05) is 6.54 Å². The molecule has 0 N–H and O–H groups in total. The molecule has 1 aromatic heterocycles. The van der Waals surface area contributed by atoms with Crippen molar-refractivity contribution in [3.63, 3.8) is 0 Å². The number of morpholine rings is 1. The van der Waals surface area contributed by atoms with Crippen LogP contribution in [0.4, 0.5) is 0 Å². The molecule has 0 atom stereocenters. The Morgan fingerprint density at radius 2 is 2.00 bits per heavy atom. The van der Waals surface area contributed by atoms with Gasteiger partial charge in [0.2, 0.25) is 0 Å². The maximum absolute atomic E-state index is 12.8. The molecule has 1 saturated heterocycles. The van der Waals surface area contributed by atoms with Crippen LogP contribution >= 0.6 is 0 Å². The van der Waals surface area contributed by atoms with Crippen LogP contribution in [0.1, 0.15) is 30.0 Å². The largest absolute Gasteiger partial charge is 0.377 e. The quantitative estimate of drug-likeness (QED) is 0.849. The van der Waals surface area contributed by atoms with Crippen molar-refractivity contribution in [1.29, 1.82) is 0 Å². The molecule has 3 rings (SSSR count). The van der Waals surface area contributed by atoms with E-state index in [1.807, 2.05) is 56.0 Å². The highest BCUT2D eigenvalue weighted by Crippen LogP contribution is 2.22. The van der Waals surface area contributed by atoms with Gasteiger partial charge in [-0.05, 0) is 32.9 Å². The summed E-state index contributed by atoms with van der Waals surface area (Å²) in [6.45, 7) is 7.53. The minimum atomic E-state index is -0.335. The van der Waals surface area contributed by atoms with Gasteiger partial charge in [0.1, 0.15) is 0 Å². The van der Waals surface area contributed by atoms with Crippen LogP contribution in [0.2, 0.25) is 0 Å². The zero-order valence-corrected chi connectivity index (χ0v) is 13.1. The molecule has 6 heteroatoms. The van der Waals surface area contributed by atoms with E-state index in [4.69, 9.17) is 4.74 Å². The van der Waals surface area contributed by atoms with E-state index in [1.54, 1.807) is 4.68 Å². The molecular weight excluding hydrogens is 280 g/mol. The molecule has 1 aliphatic rings. The molecule has 22 heavy (non-hydrogen) atoms. The number of rotatable bonds is 2. The molecule has 1 aliphatic heterocycles. The molecule has 0 radical (unpaired) electrons. The van der Waals surface area contributed by atoms with Crippen LogP contribution in [-0.2, 0) is 4.74 Å². The van der Waals surface area contributed by atoms with Crippen LogP contribution in [0.15, 0.2) is 30.3 Å². The molecule has 2 aromatic rings. The van der Waals surface area contributed by atoms with E-state index in [2.05, 4.69) is 10.3 Å². The van der Waals surface area contributed by atoms with Crippen molar-refractivity contribution in [1.82, 2.24) is 19.9 Å². The number of hydrogen-bond donors (Lipinski definition) is 0. The third kappa shape index (κ3) is 2.50. The van der Waals surface area contributed by atoms with Gasteiger partial charge in [-0.3, -0.25) is 4.79 Å². The lowest BCUT2D eigenvalue weighted by Crippen LogP contribution is -2.55. The Hall–Kier alpha value is -2.21. The maximum Gasteiger partial charge on any atom is 0.276 e. The van der Waals surface area contributed by atoms with Gasteiger partial charge in [-0.1, -0.05) is 23.4 Å². The van der Waals surface area contributed by atoms with Crippen LogP contribution < -0.4 is 0 Å². The van der Waals surface area contributed by atoms with Crippen LogP contribution in [0.25, 0.3) is 5.69 Å². The van der Waals surface area contributed by atoms with Gasteiger partial charge in [0.05, 0.1) is 30.1 Å². The molecule has 0 saturated carbocycles. The predicted octanol–water partition coefficient (Wildman–Crippen LogP) is 1.83. The fourth-order valence-corrected chi connectivity index (χ4v) is 2.70. The van der Waals surface area contributed by atoms with E-state index in [1.165, 1.54) is 0 Å². The highest BCUT2D eigenvalue weighted by atomic mass is 16.5. The summed E-state index contributed by atoms with van der Waals surface area (Å²) in [6.07, 6.45) is 0. The molecule has 0 aliphatic carbocycles. The van der Waals surface area contributed by atoms with Crippen LogP contribution in [0, 0.1) is 6.92 Å². The number of amides is 1. The van der Waals surface area contributed by atoms with Gasteiger partial charge >= 0.3 is 0 Å². The average Bonchev–Trinajstić information content (AvgIpc) is 2.89. The minimum Gasteiger partial charge on any atom is -0.377 e. The lowest BCUT2D eigenvalue weighted by molar-refractivity contribution is -0.0373. The first kappa shape index (κ1) is 14.7. The standard InChI is InChI=1S/C16H20N4O2/c1-12-14(15(21)19-9-10-22-11-16(19,2)3)17-18-20(12)13-7-5-4-6-8-13/h4-8H,9-11H2,1-3H3. The summed E-state index contributed by atoms with van der Waals surface area (Å²) in [6, 6.07) is 9.69. The van der Waals surface area contributed by atoms with E-state index in [0.29, 0.717) is 25.5 Å². The first-order chi connectivity index (χ1) is 10.5. The summed E-state index contributed by atoms with van der Waals surface area (Å²) in [5.74, 6) is -0.0898. The fraction of sp³-hybridized carbons (Fsp3) is 0.438. The number of para-hydroxylation sites is 1. The van der Waals surface area contributed by atoms with Crippen LogP contribution in [-0.4, -0.2) is 51.1 Å². The second kappa shape index (κ2) is 5.53. The normalized spacial score (nSPS) is 17.5. The molecule has 116 valence electrons. The number of carbonyl (C=O) groups is 1. The number of hydrogen-bond acceptors (Lipinski definition) is 4. The SMILES string of the molecule is Cc1c(C(=O)N2CCOCC2(C)C)nnn1-c1ccccc1. The van der Waals surface area contributed by atoms with E-state index >= 15 is 0 Å². The van der Waals surface area contributed by atoms with E-state index < -0.39 is 0 Å². The second-order valence-electron chi connectivity index (χ2n) is 6.09. The third-order valence-corrected chi connectivity index (χ3v) is 3.99. The summed E-state index contributed by atoms with van der Waals surface area (Å²) >= 11 is 0.